The fourth-order valence-corrected chi connectivity index (χ4v) is 1.99. The molecule has 0 aliphatic carbocycles. The molecule has 0 atom stereocenters. The van der Waals surface area contributed by atoms with Crippen LogP contribution in [-0.2, 0) is 28.8 Å². The molecule has 2 aliphatic heterocycles. The van der Waals surface area contributed by atoms with Crippen molar-refractivity contribution in [3.63, 3.8) is 0 Å². The monoisotopic (exact) mass is 306 g/mol. The second-order valence-corrected chi connectivity index (χ2v) is 4.74. The van der Waals surface area contributed by atoms with Crippen LogP contribution < -0.4 is 0 Å². The molecule has 0 aromatic carbocycles. The fourth-order valence-electron chi connectivity index (χ4n) is 1.99. The molecule has 0 saturated carbocycles. The highest BCUT2D eigenvalue weighted by atomic mass is 16.7. The zero-order chi connectivity index (χ0) is 16.1. The number of carbonyl (C=O) groups excluding carboxylic acids is 5. The zero-order valence-electron chi connectivity index (χ0n) is 11.7. The normalized spacial score (nSPS) is 17.1. The van der Waals surface area contributed by atoms with Gasteiger partial charge in [0.2, 0.25) is 0 Å². The van der Waals surface area contributed by atoms with Crippen LogP contribution in [0.5, 0.6) is 0 Å². The second kappa shape index (κ2) is 6.79. The molecule has 22 heavy (non-hydrogen) atoms. The van der Waals surface area contributed by atoms with Gasteiger partial charge in [-0.2, -0.15) is 0 Å². The number of carbonyl (C=O) groups is 5. The maximum Gasteiger partial charge on any atom is 0.333 e. The SMILES string of the molecule is O=C(CCCCCN1C(=O)C=CC1=O)ON1C(=O)C=CC1=O. The lowest BCUT2D eigenvalue weighted by Gasteiger charge is -2.14. The van der Waals surface area contributed by atoms with Crippen LogP contribution in [0.15, 0.2) is 24.3 Å². The zero-order valence-corrected chi connectivity index (χ0v) is 11.7. The summed E-state index contributed by atoms with van der Waals surface area (Å²) in [6.07, 6.45) is 6.16. The van der Waals surface area contributed by atoms with Crippen molar-refractivity contribution in [2.24, 2.45) is 0 Å². The average Bonchev–Trinajstić information content (AvgIpc) is 2.96. The first-order valence-electron chi connectivity index (χ1n) is 6.79. The van der Waals surface area contributed by atoms with E-state index in [-0.39, 0.29) is 18.2 Å². The summed E-state index contributed by atoms with van der Waals surface area (Å²) in [6, 6.07) is 0. The third-order valence-electron chi connectivity index (χ3n) is 3.13. The summed E-state index contributed by atoms with van der Waals surface area (Å²) < 4.78 is 0. The van der Waals surface area contributed by atoms with Crippen LogP contribution in [0.1, 0.15) is 25.7 Å². The van der Waals surface area contributed by atoms with E-state index in [1.807, 2.05) is 0 Å². The van der Waals surface area contributed by atoms with Crippen molar-refractivity contribution in [3.8, 4) is 0 Å². The second-order valence-electron chi connectivity index (χ2n) is 4.74. The number of nitrogens with zero attached hydrogens (tertiary/aromatic N) is 2. The molecule has 0 spiro atoms. The van der Waals surface area contributed by atoms with Gasteiger partial charge in [-0.3, -0.25) is 24.1 Å². The fraction of sp³-hybridized carbons (Fsp3) is 0.357. The first-order chi connectivity index (χ1) is 10.5. The standard InChI is InChI=1S/C14H14N2O6/c17-10-5-6-11(18)15(10)9-3-1-2-4-14(21)22-16-12(19)7-8-13(16)20/h5-8H,1-4,9H2. The average molecular weight is 306 g/mol. The predicted molar refractivity (Wildman–Crippen MR) is 71.4 cm³/mol. The van der Waals surface area contributed by atoms with Gasteiger partial charge in [-0.15, -0.1) is 0 Å². The van der Waals surface area contributed by atoms with E-state index in [0.717, 1.165) is 17.1 Å². The first kappa shape index (κ1) is 15.6. The third kappa shape index (κ3) is 3.66. The summed E-state index contributed by atoms with van der Waals surface area (Å²) in [5.41, 5.74) is 0. The number of amides is 4. The van der Waals surface area contributed by atoms with E-state index in [1.165, 1.54) is 12.2 Å². The Balaban J connectivity index is 1.60. The van der Waals surface area contributed by atoms with Crippen molar-refractivity contribution in [3.05, 3.63) is 24.3 Å². The molecule has 2 aliphatic rings. The van der Waals surface area contributed by atoms with Crippen LogP contribution in [0, 0.1) is 0 Å². The van der Waals surface area contributed by atoms with Crippen molar-refractivity contribution in [2.45, 2.75) is 25.7 Å². The van der Waals surface area contributed by atoms with E-state index in [4.69, 9.17) is 0 Å². The molecule has 4 amide bonds. The molecule has 0 unspecified atom stereocenters. The molecule has 0 bridgehead atoms. The summed E-state index contributed by atoms with van der Waals surface area (Å²) >= 11 is 0. The maximum absolute atomic E-state index is 11.5. The van der Waals surface area contributed by atoms with Crippen LogP contribution in [0.2, 0.25) is 0 Å². The Kier molecular flexibility index (Phi) is 4.82. The minimum absolute atomic E-state index is 0.0389. The minimum Gasteiger partial charge on any atom is -0.330 e. The first-order valence-corrected chi connectivity index (χ1v) is 6.79. The number of rotatable bonds is 7. The number of hydroxylamine groups is 2. The molecule has 8 nitrogen and oxygen atoms in total. The van der Waals surface area contributed by atoms with E-state index in [0.29, 0.717) is 30.9 Å². The van der Waals surface area contributed by atoms with Gasteiger partial charge in [-0.25, -0.2) is 4.79 Å². The van der Waals surface area contributed by atoms with Crippen LogP contribution in [-0.4, -0.2) is 46.1 Å². The van der Waals surface area contributed by atoms with E-state index in [2.05, 4.69) is 4.84 Å². The molecule has 0 aromatic rings. The smallest absolute Gasteiger partial charge is 0.330 e. The molecule has 8 heteroatoms. The van der Waals surface area contributed by atoms with Gasteiger partial charge in [0.15, 0.2) is 0 Å². The van der Waals surface area contributed by atoms with Gasteiger partial charge in [0.1, 0.15) is 0 Å². The van der Waals surface area contributed by atoms with Gasteiger partial charge in [0.05, 0.1) is 0 Å². The molecular formula is C14H14N2O6. The van der Waals surface area contributed by atoms with Crippen molar-refractivity contribution in [2.75, 3.05) is 6.54 Å². The summed E-state index contributed by atoms with van der Waals surface area (Å²) in [6.45, 7) is 0.298. The van der Waals surface area contributed by atoms with E-state index >= 15 is 0 Å². The van der Waals surface area contributed by atoms with Crippen LogP contribution >= 0.6 is 0 Å². The number of hydrogen-bond donors (Lipinski definition) is 0. The number of imide groups is 2. The Morgan fingerprint density at radius 2 is 1.36 bits per heavy atom. The van der Waals surface area contributed by atoms with Gasteiger partial charge in [0.25, 0.3) is 23.6 Å². The maximum atomic E-state index is 11.5. The Bertz CT molecular complexity index is 556. The van der Waals surface area contributed by atoms with Crippen molar-refractivity contribution >= 4 is 29.6 Å². The molecule has 0 aromatic heterocycles. The number of unbranched alkanes of at least 4 members (excludes halogenated alkanes) is 2. The predicted octanol–water partition coefficient (Wildman–Crippen LogP) is -0.145. The molecule has 2 heterocycles. The molecule has 116 valence electrons. The van der Waals surface area contributed by atoms with Crippen LogP contribution in [0.3, 0.4) is 0 Å². The topological polar surface area (TPSA) is 101 Å². The van der Waals surface area contributed by atoms with Crippen molar-refractivity contribution < 1.29 is 28.8 Å². The van der Waals surface area contributed by atoms with Crippen LogP contribution in [0.25, 0.3) is 0 Å². The van der Waals surface area contributed by atoms with E-state index in [9.17, 15) is 24.0 Å². The lowest BCUT2D eigenvalue weighted by atomic mass is 10.2. The van der Waals surface area contributed by atoms with Crippen molar-refractivity contribution in [1.29, 1.82) is 0 Å². The summed E-state index contributed by atoms with van der Waals surface area (Å²) in [4.78, 5) is 62.2. The van der Waals surface area contributed by atoms with E-state index < -0.39 is 17.8 Å². The highest BCUT2D eigenvalue weighted by Crippen LogP contribution is 2.10. The Hall–Kier alpha value is -2.77. The van der Waals surface area contributed by atoms with Gasteiger partial charge in [-0.05, 0) is 12.8 Å². The third-order valence-corrected chi connectivity index (χ3v) is 3.13. The van der Waals surface area contributed by atoms with Crippen molar-refractivity contribution in [1.82, 2.24) is 9.96 Å². The summed E-state index contributed by atoms with van der Waals surface area (Å²) in [5.74, 6) is -2.71. The van der Waals surface area contributed by atoms with Gasteiger partial charge in [-0.1, -0.05) is 11.5 Å². The molecule has 0 saturated heterocycles. The summed E-state index contributed by atoms with van der Waals surface area (Å²) in [5, 5.41) is 0.412. The summed E-state index contributed by atoms with van der Waals surface area (Å²) in [7, 11) is 0. The molecule has 0 N–H and O–H groups in total. The Labute approximate surface area is 125 Å². The molecule has 2 rings (SSSR count). The van der Waals surface area contributed by atoms with E-state index in [1.54, 1.807) is 0 Å². The molecular weight excluding hydrogens is 292 g/mol. The molecule has 0 fully saturated rings. The highest BCUT2D eigenvalue weighted by molar-refractivity contribution is 6.13. The quantitative estimate of drug-likeness (QED) is 0.479. The van der Waals surface area contributed by atoms with Gasteiger partial charge < -0.3 is 4.84 Å². The largest absolute Gasteiger partial charge is 0.333 e. The minimum atomic E-state index is -0.683. The highest BCUT2D eigenvalue weighted by Gasteiger charge is 2.27. The lowest BCUT2D eigenvalue weighted by Crippen LogP contribution is -2.32. The lowest BCUT2D eigenvalue weighted by molar-refractivity contribution is -0.196. The van der Waals surface area contributed by atoms with Gasteiger partial charge >= 0.3 is 5.97 Å². The number of hydrogen-bond acceptors (Lipinski definition) is 6. The van der Waals surface area contributed by atoms with Crippen LogP contribution in [0.4, 0.5) is 0 Å². The molecule has 0 radical (unpaired) electrons. The Morgan fingerprint density at radius 1 is 0.818 bits per heavy atom. The van der Waals surface area contributed by atoms with Gasteiger partial charge in [0, 0.05) is 37.3 Å². The Morgan fingerprint density at radius 3 is 1.95 bits per heavy atom.